The van der Waals surface area contributed by atoms with Gasteiger partial charge in [-0.25, -0.2) is 33.0 Å². The number of carbonyl (C=O) groups is 8. The highest BCUT2D eigenvalue weighted by Crippen LogP contribution is 2.65. The third-order valence-electron chi connectivity index (χ3n) is 27.1. The molecule has 2 saturated heterocycles. The molecule has 582 valence electrons. The quantitative estimate of drug-likeness (QED) is 0.0476. The molecule has 17 atom stereocenters. The fourth-order valence-corrected chi connectivity index (χ4v) is 22.5. The first-order valence-electron chi connectivity index (χ1n) is 40.8. The number of alkyl carbamates (subject to hydrolysis) is 2. The van der Waals surface area contributed by atoms with Gasteiger partial charge in [0, 0.05) is 40.7 Å². The number of benzene rings is 2. The summed E-state index contributed by atoms with van der Waals surface area (Å²) < 4.78 is 58.3. The van der Waals surface area contributed by atoms with E-state index in [1.165, 1.54) is 22.9 Å². The number of rotatable bonds is 15. The number of amides is 8. The second-order valence-electron chi connectivity index (χ2n) is 34.2. The molecule has 2 aromatic heterocycles. The van der Waals surface area contributed by atoms with E-state index in [-0.39, 0.29) is 85.4 Å². The number of hydrogen-bond acceptors (Lipinski definition) is 18. The van der Waals surface area contributed by atoms with Gasteiger partial charge in [-0.15, -0.1) is 13.2 Å². The molecule has 1 spiro atoms. The van der Waals surface area contributed by atoms with Gasteiger partial charge in [0.2, 0.25) is 39.5 Å². The lowest BCUT2D eigenvalue weighted by Crippen LogP contribution is -2.59. The second kappa shape index (κ2) is 29.9. The zero-order valence-electron chi connectivity index (χ0n) is 62.1. The van der Waals surface area contributed by atoms with Gasteiger partial charge in [-0.1, -0.05) is 68.5 Å². The van der Waals surface area contributed by atoms with Crippen molar-refractivity contribution in [2.75, 3.05) is 13.1 Å². The van der Waals surface area contributed by atoms with E-state index in [0.29, 0.717) is 104 Å². The maximum atomic E-state index is 16.2. The third kappa shape index (κ3) is 15.0. The Morgan fingerprint density at radius 3 is 1.94 bits per heavy atom. The van der Waals surface area contributed by atoms with Crippen molar-refractivity contribution < 1.29 is 65.7 Å². The molecule has 25 nitrogen and oxygen atoms in total. The Labute approximate surface area is 640 Å². The molecule has 9 saturated carbocycles. The Balaban J connectivity index is 0.668. The number of carbonyl (C=O) groups excluding carboxylic acids is 8. The van der Waals surface area contributed by atoms with Crippen molar-refractivity contribution in [1.82, 2.24) is 55.5 Å². The first-order chi connectivity index (χ1) is 52.8. The second-order valence-corrected chi connectivity index (χ2v) is 37.3. The summed E-state index contributed by atoms with van der Waals surface area (Å²) in [5, 5.41) is 12.8. The minimum atomic E-state index is -3.99. The van der Waals surface area contributed by atoms with Gasteiger partial charge in [0.25, 0.3) is 11.8 Å². The van der Waals surface area contributed by atoms with Crippen molar-refractivity contribution >= 4 is 91.5 Å². The van der Waals surface area contributed by atoms with Crippen molar-refractivity contribution in [3.8, 4) is 11.6 Å². The lowest BCUT2D eigenvalue weighted by Gasteiger charge is -2.32. The molecule has 6 heterocycles. The van der Waals surface area contributed by atoms with Crippen molar-refractivity contribution in [3.05, 3.63) is 90.8 Å². The molecule has 8 amide bonds. The molecule has 2 aromatic carbocycles. The maximum absolute atomic E-state index is 16.2. The van der Waals surface area contributed by atoms with Gasteiger partial charge in [-0.05, 0) is 225 Å². The van der Waals surface area contributed by atoms with Crippen LogP contribution in [0.1, 0.15) is 209 Å². The SMILES string of the molecule is C=C[C@@H]1C[C@]1(NC(=O)[C@@H]1C[C@@H]2CN1C(=O)[C@H](C1CCC(c3ccc4nc5c(nc4c3)CCCCC[C@@H]3CCC[C@H]3OC(=O)N[C@@H](C3CCCC3)C(=O)N3C[C@@H](C[C@H]3C(=O)N[C@]3(C(=O)NS(=O)(=O)C4CC4)C[C@H]3C=C)O5)C1)NC(=O)O[C@@H]1CCCC13CC3CCCCc1nc3ccccc3cc1O2)C(=O)NSC1CC1. The Morgan fingerprint density at radius 2 is 1.22 bits per heavy atom. The zero-order chi connectivity index (χ0) is 75.1. The Morgan fingerprint density at radius 1 is 0.578 bits per heavy atom. The number of aromatic nitrogens is 3. The number of fused-ring (bicyclic) bond motifs is 9. The molecule has 4 aromatic rings. The predicted octanol–water partition coefficient (Wildman–Crippen LogP) is 10.1. The van der Waals surface area contributed by atoms with Crippen LogP contribution in [0.5, 0.6) is 11.6 Å². The Kier molecular flexibility index (Phi) is 20.2. The summed E-state index contributed by atoms with van der Waals surface area (Å²) in [5.41, 5.74) is 1.40. The van der Waals surface area contributed by atoms with Crippen molar-refractivity contribution in [3.63, 3.8) is 0 Å². The number of sulfonamides is 1. The summed E-state index contributed by atoms with van der Waals surface area (Å²) in [4.78, 5) is 138. The minimum Gasteiger partial charge on any atom is -0.487 e. The topological polar surface area (TPSA) is 325 Å². The van der Waals surface area contributed by atoms with Crippen LogP contribution in [0.3, 0.4) is 0 Å². The highest BCUT2D eigenvalue weighted by atomic mass is 32.2. The van der Waals surface area contributed by atoms with Crippen LogP contribution in [0.15, 0.2) is 73.8 Å². The van der Waals surface area contributed by atoms with Crippen molar-refractivity contribution in [2.24, 2.45) is 40.9 Å². The van der Waals surface area contributed by atoms with E-state index >= 15 is 19.2 Å². The summed E-state index contributed by atoms with van der Waals surface area (Å²) >= 11 is 1.38. The van der Waals surface area contributed by atoms with Crippen LogP contribution in [-0.4, -0.2) is 164 Å². The number of para-hydroxylation sites is 1. The highest BCUT2D eigenvalue weighted by molar-refractivity contribution is 7.98. The predicted molar refractivity (Wildman–Crippen MR) is 405 cm³/mol. The summed E-state index contributed by atoms with van der Waals surface area (Å²) in [6.07, 6.45) is 21.4. The molecule has 13 aliphatic rings. The summed E-state index contributed by atoms with van der Waals surface area (Å²) in [6.45, 7) is 7.85. The van der Waals surface area contributed by atoms with Crippen LogP contribution in [0.4, 0.5) is 9.59 Å². The van der Waals surface area contributed by atoms with Gasteiger partial charge in [0.15, 0.2) is 0 Å². The molecule has 4 bridgehead atoms. The molecular formula is C82H103N11O14S2. The number of ether oxygens (including phenoxy) is 4. The van der Waals surface area contributed by atoms with E-state index in [0.717, 1.165) is 131 Å². The highest BCUT2D eigenvalue weighted by Gasteiger charge is 2.65. The Hall–Kier alpha value is -8.07. The summed E-state index contributed by atoms with van der Waals surface area (Å²) in [6, 6.07) is 11.5. The zero-order valence-corrected chi connectivity index (χ0v) is 63.7. The van der Waals surface area contributed by atoms with Gasteiger partial charge in [-0.3, -0.25) is 38.2 Å². The van der Waals surface area contributed by atoms with Gasteiger partial charge < -0.3 is 50.0 Å². The maximum Gasteiger partial charge on any atom is 0.408 e. The number of pyridine rings is 1. The molecule has 11 fully saturated rings. The van der Waals surface area contributed by atoms with E-state index < -0.39 is 116 Å². The monoisotopic (exact) mass is 1530 g/mol. The molecule has 27 heteroatoms. The van der Waals surface area contributed by atoms with Crippen LogP contribution in [0.25, 0.3) is 21.9 Å². The van der Waals surface area contributed by atoms with Gasteiger partial charge in [0.1, 0.15) is 71.1 Å². The largest absolute Gasteiger partial charge is 0.487 e. The van der Waals surface area contributed by atoms with Crippen molar-refractivity contribution in [2.45, 2.75) is 275 Å². The Bertz CT molecular complexity index is 4420. The number of aryl methyl sites for hydroxylation is 2. The molecular weight excluding hydrogens is 1430 g/mol. The average molecular weight is 1530 g/mol. The first-order valence-corrected chi connectivity index (χ1v) is 43.2. The van der Waals surface area contributed by atoms with Crippen LogP contribution in [0.2, 0.25) is 0 Å². The van der Waals surface area contributed by atoms with Gasteiger partial charge in [-0.2, -0.15) is 0 Å². The third-order valence-corrected chi connectivity index (χ3v) is 30.0. The van der Waals surface area contributed by atoms with E-state index in [9.17, 15) is 27.6 Å². The number of nitrogens with one attached hydrogen (secondary N) is 6. The van der Waals surface area contributed by atoms with Gasteiger partial charge >= 0.3 is 12.2 Å². The van der Waals surface area contributed by atoms with E-state index in [4.69, 9.17) is 33.9 Å². The van der Waals surface area contributed by atoms with Crippen LogP contribution in [0, 0.1) is 40.9 Å². The van der Waals surface area contributed by atoms with Gasteiger partial charge in [0.05, 0.1) is 40.6 Å². The smallest absolute Gasteiger partial charge is 0.408 e. The molecule has 0 radical (unpaired) electrons. The lowest BCUT2D eigenvalue weighted by atomic mass is 9.92. The normalized spacial score (nSPS) is 34.9. The average Bonchev–Trinajstić information content (AvgIpc) is 1.57. The molecule has 109 heavy (non-hydrogen) atoms. The van der Waals surface area contributed by atoms with E-state index in [1.807, 2.05) is 48.5 Å². The fraction of sp³-hybridized carbons (Fsp3) is 0.646. The first kappa shape index (κ1) is 73.7. The number of hydrogen-bond donors (Lipinski definition) is 6. The van der Waals surface area contributed by atoms with Crippen LogP contribution >= 0.6 is 11.9 Å². The lowest BCUT2D eigenvalue weighted by molar-refractivity contribution is -0.142. The van der Waals surface area contributed by atoms with E-state index in [2.05, 4.69) is 43.9 Å². The molecule has 9 aliphatic carbocycles. The molecule has 4 aliphatic heterocycles. The van der Waals surface area contributed by atoms with Crippen molar-refractivity contribution in [1.29, 1.82) is 0 Å². The fourth-order valence-electron chi connectivity index (χ4n) is 20.3. The molecule has 4 unspecified atom stereocenters. The van der Waals surface area contributed by atoms with E-state index in [1.54, 1.807) is 11.0 Å². The minimum absolute atomic E-state index is 0.0236. The molecule has 17 rings (SSSR count). The van der Waals surface area contributed by atoms with Crippen LogP contribution in [-0.2, 0) is 61.1 Å². The van der Waals surface area contributed by atoms with Crippen LogP contribution < -0.4 is 40.2 Å². The number of nitrogens with zero attached hydrogens (tertiary/aromatic N) is 5. The summed E-state index contributed by atoms with van der Waals surface area (Å²) in [5.74, 6) is -3.48. The standard InChI is InChI=1S/C82H103N11O14S2/c1-3-52-42-81(52,76(98)90-108-57-30-31-57)88-71(94)64-39-55-44-92(64)75(97)70(87-79(101)107-68-26-15-35-80(68)41-54(80)21-11-13-23-61-67(104-55)38-50-19-10-12-22-59(50)83-61)51-28-27-48(36-51)49-29-34-60-63(37-49)84-62-24-7-5-6-16-46-20-14-25-66(46)106-78(100)86-69(47-17-8-9-18-47)74(96)93-45-56(105-73(62)85-60)40-65(93)72(95)89-82(43-53(82)4-2)77(99)91-109(102,103)58-32-33-58/h3-4,10,12,19,22,29,34,37-38,46-48,51-58,64-66,68-70H,1-2,5-9,11,13-18,20-21,23-28,30-33,35-36,39-45H2,(H,86,100)(H,87,101)(H,88,94)(H,89,95)(H,90,98)(H,91,99)/t46-,48?,51?,52-,53-,54?,55-,56-,64+,65+,66-,68-,69+,70+,80?,81-,82-/m1/s1. The summed E-state index contributed by atoms with van der Waals surface area (Å²) in [7, 11) is -3.99. The molecule has 6 N–H and O–H groups in total.